The monoisotopic (exact) mass is 285 g/mol. The van der Waals surface area contributed by atoms with Crippen molar-refractivity contribution < 1.29 is 18.0 Å². The number of carbonyl (C=O) groups is 1. The van der Waals surface area contributed by atoms with E-state index in [-0.39, 0.29) is 12.1 Å². The van der Waals surface area contributed by atoms with Gasteiger partial charge in [0, 0.05) is 12.1 Å². The predicted octanol–water partition coefficient (Wildman–Crippen LogP) is 3.40. The van der Waals surface area contributed by atoms with Gasteiger partial charge >= 0.3 is 0 Å². The van der Waals surface area contributed by atoms with Crippen LogP contribution in [0.5, 0.6) is 0 Å². The van der Waals surface area contributed by atoms with Crippen LogP contribution in [0.2, 0.25) is 0 Å². The van der Waals surface area contributed by atoms with E-state index in [1.54, 1.807) is 0 Å². The van der Waals surface area contributed by atoms with Crippen LogP contribution in [0.1, 0.15) is 21.5 Å². The Bertz CT molecular complexity index is 601. The molecule has 0 radical (unpaired) electrons. The second kappa shape index (κ2) is 5.44. The summed E-state index contributed by atoms with van der Waals surface area (Å²) in [5.74, 6) is -4.98. The Balaban J connectivity index is 2.10. The number of rotatable bonds is 3. The highest BCUT2D eigenvalue weighted by Crippen LogP contribution is 2.15. The molecule has 100 valence electrons. The number of hydrogen-bond acceptors (Lipinski definition) is 2. The fourth-order valence-corrected chi connectivity index (χ4v) is 2.39. The van der Waals surface area contributed by atoms with Gasteiger partial charge in [0.2, 0.25) is 0 Å². The first-order chi connectivity index (χ1) is 8.99. The van der Waals surface area contributed by atoms with E-state index in [0.717, 1.165) is 11.1 Å². The minimum Gasteiger partial charge on any atom is -0.348 e. The van der Waals surface area contributed by atoms with Gasteiger partial charge in [-0.2, -0.15) is 11.3 Å². The highest BCUT2D eigenvalue weighted by atomic mass is 32.1. The van der Waals surface area contributed by atoms with Crippen molar-refractivity contribution in [2.45, 2.75) is 13.5 Å². The zero-order valence-electron chi connectivity index (χ0n) is 9.97. The Kier molecular flexibility index (Phi) is 3.90. The van der Waals surface area contributed by atoms with Crippen LogP contribution in [-0.4, -0.2) is 5.91 Å². The average molecular weight is 285 g/mol. The summed E-state index contributed by atoms with van der Waals surface area (Å²) in [5, 5.41) is 6.33. The lowest BCUT2D eigenvalue weighted by molar-refractivity contribution is 0.0949. The van der Waals surface area contributed by atoms with E-state index in [0.29, 0.717) is 12.1 Å². The highest BCUT2D eigenvalue weighted by molar-refractivity contribution is 7.08. The Morgan fingerprint density at radius 2 is 1.84 bits per heavy atom. The van der Waals surface area contributed by atoms with Crippen LogP contribution in [-0.2, 0) is 6.54 Å². The third kappa shape index (κ3) is 2.96. The molecule has 1 aromatic carbocycles. The Morgan fingerprint density at radius 1 is 1.21 bits per heavy atom. The van der Waals surface area contributed by atoms with Gasteiger partial charge in [0.1, 0.15) is 0 Å². The van der Waals surface area contributed by atoms with Gasteiger partial charge < -0.3 is 5.32 Å². The van der Waals surface area contributed by atoms with Crippen LogP contribution in [0, 0.1) is 24.4 Å². The molecule has 6 heteroatoms. The van der Waals surface area contributed by atoms with E-state index < -0.39 is 23.4 Å². The number of aryl methyl sites for hydroxylation is 1. The highest BCUT2D eigenvalue weighted by Gasteiger charge is 2.15. The number of thiophene rings is 1. The first-order valence-corrected chi connectivity index (χ1v) is 6.37. The summed E-state index contributed by atoms with van der Waals surface area (Å²) >= 11 is 1.50. The number of amides is 1. The molecule has 2 aromatic rings. The van der Waals surface area contributed by atoms with Gasteiger partial charge in [-0.25, -0.2) is 13.2 Å². The molecular weight excluding hydrogens is 275 g/mol. The van der Waals surface area contributed by atoms with Crippen molar-refractivity contribution in [1.82, 2.24) is 5.32 Å². The van der Waals surface area contributed by atoms with Gasteiger partial charge in [0.15, 0.2) is 17.5 Å². The number of nitrogens with one attached hydrogen (secondary N) is 1. The molecule has 2 nitrogen and oxygen atoms in total. The molecule has 1 heterocycles. The summed E-state index contributed by atoms with van der Waals surface area (Å²) in [6.45, 7) is 2.16. The molecule has 0 saturated heterocycles. The van der Waals surface area contributed by atoms with Crippen molar-refractivity contribution in [3.63, 3.8) is 0 Å². The van der Waals surface area contributed by atoms with Crippen LogP contribution in [0.4, 0.5) is 13.2 Å². The molecule has 1 amide bonds. The van der Waals surface area contributed by atoms with Gasteiger partial charge in [-0.15, -0.1) is 0 Å². The molecule has 0 aliphatic carbocycles. The van der Waals surface area contributed by atoms with E-state index in [4.69, 9.17) is 0 Å². The lowest BCUT2D eigenvalue weighted by Crippen LogP contribution is -2.23. The van der Waals surface area contributed by atoms with Gasteiger partial charge in [0.05, 0.1) is 0 Å². The minimum absolute atomic E-state index is 0.246. The molecule has 19 heavy (non-hydrogen) atoms. The maximum absolute atomic E-state index is 13.0. The van der Waals surface area contributed by atoms with Crippen LogP contribution < -0.4 is 5.32 Å². The molecular formula is C13H10F3NOS. The van der Waals surface area contributed by atoms with Crippen LogP contribution in [0.3, 0.4) is 0 Å². The van der Waals surface area contributed by atoms with Crippen molar-refractivity contribution in [3.05, 3.63) is 57.0 Å². The van der Waals surface area contributed by atoms with Gasteiger partial charge in [-0.1, -0.05) is 0 Å². The van der Waals surface area contributed by atoms with Crippen molar-refractivity contribution >= 4 is 17.2 Å². The fraction of sp³-hybridized carbons (Fsp3) is 0.154. The lowest BCUT2D eigenvalue weighted by atomic mass is 10.1. The lowest BCUT2D eigenvalue weighted by Gasteiger charge is -2.06. The van der Waals surface area contributed by atoms with Gasteiger partial charge in [-0.3, -0.25) is 4.79 Å². The smallest absolute Gasteiger partial charge is 0.251 e. The van der Waals surface area contributed by atoms with Crippen molar-refractivity contribution in [2.24, 2.45) is 0 Å². The fourth-order valence-electron chi connectivity index (χ4n) is 1.53. The maximum Gasteiger partial charge on any atom is 0.251 e. The van der Waals surface area contributed by atoms with Crippen molar-refractivity contribution in [3.8, 4) is 0 Å². The molecule has 0 atom stereocenters. The first kappa shape index (κ1) is 13.6. The molecule has 0 aliphatic heterocycles. The van der Waals surface area contributed by atoms with E-state index in [1.807, 2.05) is 17.7 Å². The third-order valence-corrected chi connectivity index (χ3v) is 3.56. The molecule has 0 spiro atoms. The maximum atomic E-state index is 13.0. The summed E-state index contributed by atoms with van der Waals surface area (Å²) in [4.78, 5) is 11.7. The van der Waals surface area contributed by atoms with E-state index in [1.165, 1.54) is 11.3 Å². The average Bonchev–Trinajstić information content (AvgIpc) is 2.78. The Hall–Kier alpha value is -1.82. The summed E-state index contributed by atoms with van der Waals surface area (Å²) in [6.07, 6.45) is 0. The van der Waals surface area contributed by atoms with Crippen LogP contribution in [0.15, 0.2) is 22.9 Å². The van der Waals surface area contributed by atoms with Crippen molar-refractivity contribution in [2.75, 3.05) is 0 Å². The topological polar surface area (TPSA) is 29.1 Å². The first-order valence-electron chi connectivity index (χ1n) is 5.43. The summed E-state index contributed by atoms with van der Waals surface area (Å²) < 4.78 is 38.7. The number of hydrogen-bond donors (Lipinski definition) is 1. The second-order valence-corrected chi connectivity index (χ2v) is 4.76. The van der Waals surface area contributed by atoms with E-state index in [9.17, 15) is 18.0 Å². The van der Waals surface area contributed by atoms with Crippen LogP contribution in [0.25, 0.3) is 0 Å². The van der Waals surface area contributed by atoms with E-state index >= 15 is 0 Å². The molecule has 1 N–H and O–H groups in total. The molecule has 0 aliphatic rings. The van der Waals surface area contributed by atoms with E-state index in [2.05, 4.69) is 5.32 Å². The SMILES string of the molecule is Cc1cscc1CNC(=O)c1cc(F)c(F)c(F)c1. The summed E-state index contributed by atoms with van der Waals surface area (Å²) in [6, 6.07) is 1.35. The molecule has 1 aromatic heterocycles. The molecule has 0 unspecified atom stereocenters. The van der Waals surface area contributed by atoms with Crippen molar-refractivity contribution in [1.29, 1.82) is 0 Å². The molecule has 0 saturated carbocycles. The van der Waals surface area contributed by atoms with Crippen LogP contribution >= 0.6 is 11.3 Å². The minimum atomic E-state index is -1.58. The Labute approximate surface area is 111 Å². The zero-order chi connectivity index (χ0) is 14.0. The summed E-state index contributed by atoms with van der Waals surface area (Å²) in [7, 11) is 0. The van der Waals surface area contributed by atoms with Gasteiger partial charge in [0.25, 0.3) is 5.91 Å². The molecule has 0 bridgehead atoms. The number of benzene rings is 1. The quantitative estimate of drug-likeness (QED) is 0.860. The summed E-state index contributed by atoms with van der Waals surface area (Å²) in [5.41, 5.74) is 1.72. The predicted molar refractivity (Wildman–Crippen MR) is 66.5 cm³/mol. The third-order valence-electron chi connectivity index (χ3n) is 2.65. The number of halogens is 3. The molecule has 2 rings (SSSR count). The normalized spacial score (nSPS) is 10.5. The zero-order valence-corrected chi connectivity index (χ0v) is 10.8. The second-order valence-electron chi connectivity index (χ2n) is 4.02. The largest absolute Gasteiger partial charge is 0.348 e. The standard InChI is InChI=1S/C13H10F3NOS/c1-7-5-19-6-9(7)4-17-13(18)8-2-10(14)12(16)11(15)3-8/h2-3,5-6H,4H2,1H3,(H,17,18). The molecule has 0 fully saturated rings. The van der Waals surface area contributed by atoms with Gasteiger partial charge in [-0.05, 0) is 40.9 Å². The Morgan fingerprint density at radius 3 is 2.37 bits per heavy atom. The number of carbonyl (C=O) groups excluding carboxylic acids is 1.